The first kappa shape index (κ1) is 27.4. The number of pyridine rings is 1. The second-order valence-electron chi connectivity index (χ2n) is 9.34. The molecule has 1 amide bonds. The highest BCUT2D eigenvalue weighted by molar-refractivity contribution is 6.08. The molecule has 0 spiro atoms. The predicted molar refractivity (Wildman–Crippen MR) is 154 cm³/mol. The molecule has 0 saturated heterocycles. The molecule has 5 rings (SSSR count). The van der Waals surface area contributed by atoms with Gasteiger partial charge in [0.2, 0.25) is 5.75 Å². The quantitative estimate of drug-likeness (QED) is 0.166. The van der Waals surface area contributed by atoms with Crippen LogP contribution in [0.4, 0.5) is 5.69 Å². The van der Waals surface area contributed by atoms with Gasteiger partial charge in [-0.05, 0) is 42.3 Å². The third-order valence-electron chi connectivity index (χ3n) is 6.91. The lowest BCUT2D eigenvalue weighted by atomic mass is 10.0. The van der Waals surface area contributed by atoms with Gasteiger partial charge in [-0.3, -0.25) is 14.9 Å². The molecule has 210 valence electrons. The van der Waals surface area contributed by atoms with Gasteiger partial charge in [-0.25, -0.2) is 4.98 Å². The molecule has 0 aliphatic carbocycles. The van der Waals surface area contributed by atoms with Crippen molar-refractivity contribution in [1.29, 1.82) is 0 Å². The SMILES string of the molecule is COc1cc(-c2cc(C(=O)NC(CO)Cc3c[nH]c4ccccc34)c3cc([N+](=O)[O-])ccc3n2)cc(OC)c1OC. The Morgan fingerprint density at radius 2 is 1.76 bits per heavy atom. The number of nitrogens with zero attached hydrogens (tertiary/aromatic N) is 2. The summed E-state index contributed by atoms with van der Waals surface area (Å²) in [5.74, 6) is 0.691. The normalized spacial score (nSPS) is 11.8. The van der Waals surface area contributed by atoms with E-state index in [1.54, 1.807) is 18.2 Å². The molecular weight excluding hydrogens is 528 g/mol. The number of aromatic nitrogens is 2. The van der Waals surface area contributed by atoms with Gasteiger partial charge >= 0.3 is 0 Å². The highest BCUT2D eigenvalue weighted by Gasteiger charge is 2.22. The van der Waals surface area contributed by atoms with Gasteiger partial charge in [0, 0.05) is 40.2 Å². The number of rotatable bonds is 10. The molecular formula is C30H28N4O7. The molecule has 11 nitrogen and oxygen atoms in total. The number of methoxy groups -OCH3 is 3. The van der Waals surface area contributed by atoms with E-state index in [2.05, 4.69) is 15.3 Å². The van der Waals surface area contributed by atoms with Crippen molar-refractivity contribution >= 4 is 33.4 Å². The maximum atomic E-state index is 13.7. The van der Waals surface area contributed by atoms with Gasteiger partial charge in [0.05, 0.1) is 55.7 Å². The summed E-state index contributed by atoms with van der Waals surface area (Å²) in [5, 5.41) is 25.9. The number of hydrogen-bond donors (Lipinski definition) is 3. The van der Waals surface area contributed by atoms with Crippen LogP contribution in [0.3, 0.4) is 0 Å². The van der Waals surface area contributed by atoms with E-state index in [-0.39, 0.29) is 17.9 Å². The maximum Gasteiger partial charge on any atom is 0.270 e. The van der Waals surface area contributed by atoms with Crippen LogP contribution in [0, 0.1) is 10.1 Å². The number of H-pyrrole nitrogens is 1. The molecule has 11 heteroatoms. The van der Waals surface area contributed by atoms with E-state index < -0.39 is 16.9 Å². The standard InChI is InChI=1S/C30H28N4O7/c1-39-27-11-17(12-28(40-2)29(27)41-3)26-14-23(22-13-20(34(37)38)8-9-25(22)33-26)30(36)32-19(16-35)10-18-15-31-24-7-5-4-6-21(18)24/h4-9,11-15,19,31,35H,10,16H2,1-3H3,(H,32,36). The first-order valence-corrected chi connectivity index (χ1v) is 12.7. The van der Waals surface area contributed by atoms with Gasteiger partial charge in [-0.15, -0.1) is 0 Å². The van der Waals surface area contributed by atoms with Crippen molar-refractivity contribution in [3.8, 4) is 28.5 Å². The number of aliphatic hydroxyl groups is 1. The average molecular weight is 557 g/mol. The first-order valence-electron chi connectivity index (χ1n) is 12.7. The summed E-state index contributed by atoms with van der Waals surface area (Å²) in [6.45, 7) is -0.311. The molecule has 0 saturated carbocycles. The largest absolute Gasteiger partial charge is 0.493 e. The third kappa shape index (κ3) is 5.35. The molecule has 2 heterocycles. The highest BCUT2D eigenvalue weighted by atomic mass is 16.6. The Morgan fingerprint density at radius 1 is 1.02 bits per heavy atom. The smallest absolute Gasteiger partial charge is 0.270 e. The number of aliphatic hydroxyl groups excluding tert-OH is 1. The van der Waals surface area contributed by atoms with Gasteiger partial charge in [0.15, 0.2) is 11.5 Å². The number of nitro benzene ring substituents is 1. The van der Waals surface area contributed by atoms with Crippen molar-refractivity contribution in [1.82, 2.24) is 15.3 Å². The topological polar surface area (TPSA) is 149 Å². The van der Waals surface area contributed by atoms with Gasteiger partial charge in [0.25, 0.3) is 11.6 Å². The van der Waals surface area contributed by atoms with Crippen LogP contribution in [0.2, 0.25) is 0 Å². The number of fused-ring (bicyclic) bond motifs is 2. The Balaban J connectivity index is 1.58. The number of carbonyl (C=O) groups excluding carboxylic acids is 1. The Hall–Kier alpha value is -5.16. The second-order valence-corrected chi connectivity index (χ2v) is 9.34. The zero-order valence-corrected chi connectivity index (χ0v) is 22.6. The number of carbonyl (C=O) groups is 1. The fourth-order valence-corrected chi connectivity index (χ4v) is 4.88. The van der Waals surface area contributed by atoms with Crippen LogP contribution in [0.15, 0.2) is 66.9 Å². The van der Waals surface area contributed by atoms with Crippen molar-refractivity contribution < 1.29 is 29.0 Å². The molecule has 1 atom stereocenters. The van der Waals surface area contributed by atoms with E-state index in [1.807, 2.05) is 30.5 Å². The van der Waals surface area contributed by atoms with Gasteiger partial charge in [0.1, 0.15) is 0 Å². The van der Waals surface area contributed by atoms with Crippen LogP contribution in [-0.4, -0.2) is 59.9 Å². The molecule has 41 heavy (non-hydrogen) atoms. The van der Waals surface area contributed by atoms with Crippen molar-refractivity contribution in [2.24, 2.45) is 0 Å². The first-order chi connectivity index (χ1) is 19.9. The molecule has 3 aromatic carbocycles. The Bertz CT molecular complexity index is 1740. The minimum Gasteiger partial charge on any atom is -0.493 e. The Morgan fingerprint density at radius 3 is 2.41 bits per heavy atom. The predicted octanol–water partition coefficient (Wildman–Crippen LogP) is 4.65. The van der Waals surface area contributed by atoms with Crippen LogP contribution < -0.4 is 19.5 Å². The number of nitro groups is 1. The number of hydrogen-bond acceptors (Lipinski definition) is 8. The van der Waals surface area contributed by atoms with Crippen molar-refractivity contribution in [2.75, 3.05) is 27.9 Å². The summed E-state index contributed by atoms with van der Waals surface area (Å²) in [6, 6.07) is 16.3. The van der Waals surface area contributed by atoms with E-state index in [9.17, 15) is 20.0 Å². The number of aromatic amines is 1. The van der Waals surface area contributed by atoms with Gasteiger partial charge in [-0.2, -0.15) is 0 Å². The van der Waals surface area contributed by atoms with Crippen molar-refractivity contribution in [3.05, 3.63) is 88.1 Å². The van der Waals surface area contributed by atoms with E-state index in [0.717, 1.165) is 16.5 Å². The van der Waals surface area contributed by atoms with Crippen LogP contribution >= 0.6 is 0 Å². The number of ether oxygens (including phenoxy) is 3. The molecule has 0 aliphatic heterocycles. The lowest BCUT2D eigenvalue weighted by Gasteiger charge is -2.18. The molecule has 2 aromatic heterocycles. The number of amides is 1. The second kappa shape index (κ2) is 11.5. The number of non-ortho nitro benzene ring substituents is 1. The highest BCUT2D eigenvalue weighted by Crippen LogP contribution is 2.41. The summed E-state index contributed by atoms with van der Waals surface area (Å²) in [6.07, 6.45) is 2.22. The van der Waals surface area contributed by atoms with Crippen LogP contribution in [-0.2, 0) is 6.42 Å². The summed E-state index contributed by atoms with van der Waals surface area (Å²) in [5.41, 5.74) is 3.25. The zero-order valence-electron chi connectivity index (χ0n) is 22.6. The molecule has 0 fully saturated rings. The number of para-hydroxylation sites is 1. The van der Waals surface area contributed by atoms with E-state index in [1.165, 1.54) is 39.5 Å². The molecule has 0 bridgehead atoms. The lowest BCUT2D eigenvalue weighted by Crippen LogP contribution is -2.39. The van der Waals surface area contributed by atoms with Crippen molar-refractivity contribution in [2.45, 2.75) is 12.5 Å². The Kier molecular flexibility index (Phi) is 7.70. The monoisotopic (exact) mass is 556 g/mol. The van der Waals surface area contributed by atoms with E-state index in [4.69, 9.17) is 14.2 Å². The molecule has 3 N–H and O–H groups in total. The van der Waals surface area contributed by atoms with Crippen LogP contribution in [0.25, 0.3) is 33.1 Å². The van der Waals surface area contributed by atoms with E-state index in [0.29, 0.717) is 45.8 Å². The number of benzene rings is 3. The molecule has 1 unspecified atom stereocenters. The molecule has 5 aromatic rings. The lowest BCUT2D eigenvalue weighted by molar-refractivity contribution is -0.384. The minimum atomic E-state index is -0.617. The molecule has 0 aliphatic rings. The minimum absolute atomic E-state index is 0.167. The molecule has 0 radical (unpaired) electrons. The maximum absolute atomic E-state index is 13.7. The van der Waals surface area contributed by atoms with Crippen LogP contribution in [0.5, 0.6) is 17.2 Å². The summed E-state index contributed by atoms with van der Waals surface area (Å²) < 4.78 is 16.4. The Labute approximate surface area is 234 Å². The van der Waals surface area contributed by atoms with Gasteiger partial charge in [-0.1, -0.05) is 18.2 Å². The number of nitrogens with one attached hydrogen (secondary N) is 2. The summed E-state index contributed by atoms with van der Waals surface area (Å²) in [7, 11) is 4.49. The zero-order chi connectivity index (χ0) is 29.1. The van der Waals surface area contributed by atoms with E-state index >= 15 is 0 Å². The summed E-state index contributed by atoms with van der Waals surface area (Å²) in [4.78, 5) is 32.6. The van der Waals surface area contributed by atoms with Crippen molar-refractivity contribution in [3.63, 3.8) is 0 Å². The van der Waals surface area contributed by atoms with Gasteiger partial charge < -0.3 is 29.6 Å². The summed E-state index contributed by atoms with van der Waals surface area (Å²) >= 11 is 0. The van der Waals surface area contributed by atoms with Crippen LogP contribution in [0.1, 0.15) is 15.9 Å². The average Bonchev–Trinajstić information content (AvgIpc) is 3.41. The fourth-order valence-electron chi connectivity index (χ4n) is 4.88. The third-order valence-corrected chi connectivity index (χ3v) is 6.91. The fraction of sp³-hybridized carbons (Fsp3) is 0.200.